The van der Waals surface area contributed by atoms with Crippen molar-refractivity contribution in [2.45, 2.75) is 18.9 Å². The van der Waals surface area contributed by atoms with E-state index in [0.717, 1.165) is 11.3 Å². The van der Waals surface area contributed by atoms with Crippen LogP contribution in [0.2, 0.25) is 0 Å². The minimum absolute atomic E-state index is 0.0155. The molecule has 3 aromatic rings. The summed E-state index contributed by atoms with van der Waals surface area (Å²) in [6, 6.07) is 21.6. The molecule has 1 unspecified atom stereocenters. The van der Waals surface area contributed by atoms with Crippen LogP contribution in [0.25, 0.3) is 0 Å². The van der Waals surface area contributed by atoms with Crippen LogP contribution in [0.1, 0.15) is 12.0 Å². The summed E-state index contributed by atoms with van der Waals surface area (Å²) < 4.78 is 18.5. The number of para-hydroxylation sites is 1. The number of rotatable bonds is 7. The maximum absolute atomic E-state index is 13.4. The SMILES string of the molecule is COc1ccc(CCN(C(=S)Nc2ccc(F)cc2)C2CC(=O)N(c3ccccc3)C2=O)cc1. The zero-order valence-electron chi connectivity index (χ0n) is 18.6. The number of hydrogen-bond donors (Lipinski definition) is 1. The summed E-state index contributed by atoms with van der Waals surface area (Å²) in [6.07, 6.45) is 0.611. The monoisotopic (exact) mass is 477 g/mol. The number of nitrogens with zero attached hydrogens (tertiary/aromatic N) is 2. The van der Waals surface area contributed by atoms with Gasteiger partial charge in [0.05, 0.1) is 19.2 Å². The highest BCUT2D eigenvalue weighted by Crippen LogP contribution is 2.26. The van der Waals surface area contributed by atoms with E-state index < -0.39 is 6.04 Å². The van der Waals surface area contributed by atoms with E-state index >= 15 is 0 Å². The number of anilines is 2. The summed E-state index contributed by atoms with van der Waals surface area (Å²) in [7, 11) is 1.61. The Labute approximate surface area is 202 Å². The summed E-state index contributed by atoms with van der Waals surface area (Å²) >= 11 is 5.65. The van der Waals surface area contributed by atoms with Gasteiger partial charge in [-0.15, -0.1) is 0 Å². The number of methoxy groups -OCH3 is 1. The van der Waals surface area contributed by atoms with Crippen molar-refractivity contribution in [1.82, 2.24) is 4.90 Å². The second-order valence-corrected chi connectivity index (χ2v) is 8.24. The summed E-state index contributed by atoms with van der Waals surface area (Å²) in [5, 5.41) is 3.37. The Balaban J connectivity index is 1.56. The molecule has 0 bridgehead atoms. The lowest BCUT2D eigenvalue weighted by atomic mass is 10.1. The standard InChI is InChI=1S/C26H24FN3O3S/c1-33-22-13-7-18(8-14-22)15-16-29(26(34)28-20-11-9-19(27)10-12-20)23-17-24(31)30(25(23)32)21-5-3-2-4-6-21/h2-14,23H,15-17H2,1H3,(H,28,34). The molecule has 0 aliphatic carbocycles. The van der Waals surface area contributed by atoms with E-state index in [-0.39, 0.29) is 24.1 Å². The third-order valence-electron chi connectivity index (χ3n) is 5.67. The van der Waals surface area contributed by atoms with E-state index in [2.05, 4.69) is 5.32 Å². The lowest BCUT2D eigenvalue weighted by Gasteiger charge is -2.30. The maximum atomic E-state index is 13.4. The van der Waals surface area contributed by atoms with E-state index in [4.69, 9.17) is 17.0 Å². The van der Waals surface area contributed by atoms with Gasteiger partial charge < -0.3 is 15.0 Å². The highest BCUT2D eigenvalue weighted by Gasteiger charge is 2.43. The van der Waals surface area contributed by atoms with Crippen molar-refractivity contribution < 1.29 is 18.7 Å². The van der Waals surface area contributed by atoms with Gasteiger partial charge in [-0.05, 0) is 72.7 Å². The number of amides is 2. The number of ether oxygens (including phenoxy) is 1. The van der Waals surface area contributed by atoms with Crippen LogP contribution >= 0.6 is 12.2 Å². The molecule has 1 aliphatic rings. The first-order valence-electron chi connectivity index (χ1n) is 10.8. The average molecular weight is 478 g/mol. The Morgan fingerprint density at radius 3 is 2.38 bits per heavy atom. The molecule has 1 atom stereocenters. The lowest BCUT2D eigenvalue weighted by Crippen LogP contribution is -2.48. The smallest absolute Gasteiger partial charge is 0.257 e. The molecule has 0 spiro atoms. The Bertz CT molecular complexity index is 1170. The van der Waals surface area contributed by atoms with Gasteiger partial charge in [0, 0.05) is 12.2 Å². The summed E-state index contributed by atoms with van der Waals surface area (Å²) in [4.78, 5) is 29.1. The van der Waals surface area contributed by atoms with Crippen molar-refractivity contribution in [1.29, 1.82) is 0 Å². The van der Waals surface area contributed by atoms with Crippen molar-refractivity contribution >= 4 is 40.5 Å². The third kappa shape index (κ3) is 5.23. The van der Waals surface area contributed by atoms with Gasteiger partial charge in [0.1, 0.15) is 17.6 Å². The lowest BCUT2D eigenvalue weighted by molar-refractivity contribution is -0.122. The second-order valence-electron chi connectivity index (χ2n) is 7.85. The summed E-state index contributed by atoms with van der Waals surface area (Å²) in [6.45, 7) is 0.408. The molecule has 1 N–H and O–H groups in total. The molecule has 3 aromatic carbocycles. The van der Waals surface area contributed by atoms with E-state index in [1.54, 1.807) is 48.4 Å². The molecule has 34 heavy (non-hydrogen) atoms. The molecule has 174 valence electrons. The van der Waals surface area contributed by atoms with Crippen LogP contribution in [0.5, 0.6) is 5.75 Å². The van der Waals surface area contributed by atoms with Crippen molar-refractivity contribution in [2.24, 2.45) is 0 Å². The van der Waals surface area contributed by atoms with Gasteiger partial charge in [-0.1, -0.05) is 30.3 Å². The zero-order valence-corrected chi connectivity index (χ0v) is 19.4. The molecule has 2 amide bonds. The first kappa shape index (κ1) is 23.4. The van der Waals surface area contributed by atoms with Gasteiger partial charge in [0.25, 0.3) is 5.91 Å². The van der Waals surface area contributed by atoms with E-state index in [9.17, 15) is 14.0 Å². The molecule has 8 heteroatoms. The van der Waals surface area contributed by atoms with Gasteiger partial charge in [-0.2, -0.15) is 0 Å². The molecular formula is C26H24FN3O3S. The molecule has 1 aliphatic heterocycles. The zero-order chi connectivity index (χ0) is 24.1. The Morgan fingerprint density at radius 1 is 1.06 bits per heavy atom. The first-order chi connectivity index (χ1) is 16.5. The van der Waals surface area contributed by atoms with Gasteiger partial charge in [-0.3, -0.25) is 9.59 Å². The molecule has 1 heterocycles. The van der Waals surface area contributed by atoms with Crippen molar-refractivity contribution in [3.05, 3.63) is 90.2 Å². The minimum atomic E-state index is -0.744. The molecule has 0 radical (unpaired) electrons. The number of imide groups is 1. The van der Waals surface area contributed by atoms with Crippen LogP contribution < -0.4 is 15.0 Å². The number of thiocarbonyl (C=S) groups is 1. The molecule has 1 fully saturated rings. The quantitative estimate of drug-likeness (QED) is 0.402. The predicted octanol–water partition coefficient (Wildman–Crippen LogP) is 4.41. The van der Waals surface area contributed by atoms with Crippen LogP contribution in [-0.4, -0.2) is 41.5 Å². The van der Waals surface area contributed by atoms with Crippen LogP contribution in [-0.2, 0) is 16.0 Å². The average Bonchev–Trinajstić information content (AvgIpc) is 3.15. The normalized spacial score (nSPS) is 15.4. The molecular weight excluding hydrogens is 453 g/mol. The predicted molar refractivity (Wildman–Crippen MR) is 133 cm³/mol. The molecule has 6 nitrogen and oxygen atoms in total. The molecule has 0 aromatic heterocycles. The number of halogens is 1. The highest BCUT2D eigenvalue weighted by molar-refractivity contribution is 7.80. The maximum Gasteiger partial charge on any atom is 0.257 e. The highest BCUT2D eigenvalue weighted by atomic mass is 32.1. The third-order valence-corrected chi connectivity index (χ3v) is 6.01. The number of hydrogen-bond acceptors (Lipinski definition) is 4. The van der Waals surface area contributed by atoms with Crippen molar-refractivity contribution in [3.8, 4) is 5.75 Å². The second kappa shape index (κ2) is 10.4. The Hall–Kier alpha value is -3.78. The number of benzene rings is 3. The fraction of sp³-hybridized carbons (Fsp3) is 0.192. The van der Waals surface area contributed by atoms with Crippen LogP contribution in [0.15, 0.2) is 78.9 Å². The van der Waals surface area contributed by atoms with Crippen LogP contribution in [0.3, 0.4) is 0 Å². The number of carbonyl (C=O) groups is 2. The Kier molecular flexibility index (Phi) is 7.18. The van der Waals surface area contributed by atoms with Crippen molar-refractivity contribution in [3.63, 3.8) is 0 Å². The van der Waals surface area contributed by atoms with Crippen molar-refractivity contribution in [2.75, 3.05) is 23.9 Å². The fourth-order valence-electron chi connectivity index (χ4n) is 3.88. The molecule has 0 saturated carbocycles. The number of nitrogens with one attached hydrogen (secondary N) is 1. The summed E-state index contributed by atoms with van der Waals surface area (Å²) in [5.41, 5.74) is 2.16. The van der Waals surface area contributed by atoms with Crippen LogP contribution in [0.4, 0.5) is 15.8 Å². The van der Waals surface area contributed by atoms with Gasteiger partial charge in [-0.25, -0.2) is 9.29 Å². The van der Waals surface area contributed by atoms with Gasteiger partial charge in [0.2, 0.25) is 5.91 Å². The largest absolute Gasteiger partial charge is 0.497 e. The first-order valence-corrected chi connectivity index (χ1v) is 11.2. The van der Waals surface area contributed by atoms with Crippen LogP contribution in [0, 0.1) is 5.82 Å². The topological polar surface area (TPSA) is 61.9 Å². The minimum Gasteiger partial charge on any atom is -0.497 e. The Morgan fingerprint density at radius 2 is 1.74 bits per heavy atom. The van der Waals surface area contributed by atoms with E-state index in [1.165, 1.54) is 17.0 Å². The van der Waals surface area contributed by atoms with E-state index in [0.29, 0.717) is 29.5 Å². The van der Waals surface area contributed by atoms with Gasteiger partial charge >= 0.3 is 0 Å². The van der Waals surface area contributed by atoms with E-state index in [1.807, 2.05) is 30.3 Å². The molecule has 4 rings (SSSR count). The summed E-state index contributed by atoms with van der Waals surface area (Å²) in [5.74, 6) is -0.207. The molecule has 1 saturated heterocycles. The number of carbonyl (C=O) groups excluding carboxylic acids is 2. The fourth-order valence-corrected chi connectivity index (χ4v) is 4.21. The van der Waals surface area contributed by atoms with Gasteiger partial charge in [0.15, 0.2) is 5.11 Å².